The van der Waals surface area contributed by atoms with Crippen LogP contribution in [0.15, 0.2) is 24.3 Å². The van der Waals surface area contributed by atoms with Crippen LogP contribution in [0.4, 0.5) is 0 Å². The third-order valence-electron chi connectivity index (χ3n) is 3.78. The molecule has 0 N–H and O–H groups in total. The molecule has 1 fully saturated rings. The van der Waals surface area contributed by atoms with Crippen LogP contribution in [0.25, 0.3) is 0 Å². The highest BCUT2D eigenvalue weighted by atomic mass is 35.5. The molecule has 1 atom stereocenters. The Morgan fingerprint density at radius 3 is 2.78 bits per heavy atom. The Morgan fingerprint density at radius 1 is 1.44 bits per heavy atom. The summed E-state index contributed by atoms with van der Waals surface area (Å²) in [6.45, 7) is 0. The van der Waals surface area contributed by atoms with Gasteiger partial charge in [0.2, 0.25) is 0 Å². The Bertz CT molecular complexity index is 411. The van der Waals surface area contributed by atoms with Gasteiger partial charge in [-0.05, 0) is 30.0 Å². The third kappa shape index (κ3) is 3.26. The lowest BCUT2D eigenvalue weighted by atomic mass is 9.88. The lowest BCUT2D eigenvalue weighted by Crippen LogP contribution is -2.17. The summed E-state index contributed by atoms with van der Waals surface area (Å²) in [4.78, 5) is 11.9. The second-order valence-electron chi connectivity index (χ2n) is 5.02. The molecule has 1 aliphatic carbocycles. The van der Waals surface area contributed by atoms with Crippen molar-refractivity contribution in [3.8, 4) is 0 Å². The molecule has 1 aromatic rings. The number of hydrogen-bond acceptors (Lipinski definition) is 2. The van der Waals surface area contributed by atoms with Crippen molar-refractivity contribution < 1.29 is 9.53 Å². The molecule has 2 rings (SSSR count). The molecule has 1 aliphatic rings. The van der Waals surface area contributed by atoms with Crippen molar-refractivity contribution in [3.05, 3.63) is 34.9 Å². The normalized spacial score (nSPS) is 17.7. The fourth-order valence-electron chi connectivity index (χ4n) is 2.81. The largest absolute Gasteiger partial charge is 0.469 e. The number of halogens is 1. The van der Waals surface area contributed by atoms with Crippen molar-refractivity contribution in [2.45, 2.75) is 38.0 Å². The third-order valence-corrected chi connectivity index (χ3v) is 4.02. The number of carbonyl (C=O) groups excluding carboxylic acids is 1. The molecule has 0 heterocycles. The first-order chi connectivity index (χ1) is 8.70. The molecule has 98 valence electrons. The average molecular weight is 267 g/mol. The van der Waals surface area contributed by atoms with Crippen LogP contribution in [0.3, 0.4) is 0 Å². The van der Waals surface area contributed by atoms with E-state index in [0.29, 0.717) is 10.9 Å². The van der Waals surface area contributed by atoms with Crippen molar-refractivity contribution in [2.24, 2.45) is 5.92 Å². The van der Waals surface area contributed by atoms with Crippen molar-refractivity contribution in [1.82, 2.24) is 0 Å². The minimum atomic E-state index is -0.170. The van der Waals surface area contributed by atoms with Crippen LogP contribution in [0.5, 0.6) is 0 Å². The second kappa shape index (κ2) is 6.24. The number of benzene rings is 1. The van der Waals surface area contributed by atoms with Gasteiger partial charge in [0.15, 0.2) is 0 Å². The van der Waals surface area contributed by atoms with Gasteiger partial charge in [-0.15, -0.1) is 0 Å². The Hall–Kier alpha value is -1.02. The summed E-state index contributed by atoms with van der Waals surface area (Å²) >= 11 is 6.00. The highest BCUT2D eigenvalue weighted by molar-refractivity contribution is 6.30. The van der Waals surface area contributed by atoms with Gasteiger partial charge in [-0.25, -0.2) is 0 Å². The summed E-state index contributed by atoms with van der Waals surface area (Å²) in [7, 11) is 1.45. The maximum atomic E-state index is 11.9. The highest BCUT2D eigenvalue weighted by Gasteiger charge is 2.27. The Morgan fingerprint density at radius 2 is 2.17 bits per heavy atom. The number of carbonyl (C=O) groups is 1. The fraction of sp³-hybridized carbons (Fsp3) is 0.533. The quantitative estimate of drug-likeness (QED) is 0.765. The smallest absolute Gasteiger partial charge is 0.313 e. The molecule has 0 saturated heterocycles. The number of rotatable bonds is 4. The molecule has 0 unspecified atom stereocenters. The molecule has 2 nitrogen and oxygen atoms in total. The van der Waals surface area contributed by atoms with Crippen molar-refractivity contribution in [2.75, 3.05) is 7.11 Å². The van der Waals surface area contributed by atoms with E-state index in [4.69, 9.17) is 16.3 Å². The van der Waals surface area contributed by atoms with Gasteiger partial charge in [-0.1, -0.05) is 49.4 Å². The van der Waals surface area contributed by atoms with Gasteiger partial charge in [0.05, 0.1) is 13.0 Å². The second-order valence-corrected chi connectivity index (χ2v) is 5.45. The predicted molar refractivity (Wildman–Crippen MR) is 72.8 cm³/mol. The number of esters is 1. The number of ether oxygens (including phenoxy) is 1. The van der Waals surface area contributed by atoms with E-state index >= 15 is 0 Å². The van der Waals surface area contributed by atoms with E-state index < -0.39 is 0 Å². The first kappa shape index (κ1) is 13.4. The molecular formula is C15H19ClO2. The molecule has 3 heteroatoms. The van der Waals surface area contributed by atoms with Gasteiger partial charge in [0.1, 0.15) is 0 Å². The summed E-state index contributed by atoms with van der Waals surface area (Å²) in [5.41, 5.74) is 0.973. The van der Waals surface area contributed by atoms with Crippen molar-refractivity contribution >= 4 is 17.6 Å². The summed E-state index contributed by atoms with van der Waals surface area (Å²) in [6.07, 6.45) is 5.91. The van der Waals surface area contributed by atoms with Crippen LogP contribution in [0, 0.1) is 5.92 Å². The zero-order chi connectivity index (χ0) is 13.0. The predicted octanol–water partition coefficient (Wildman–Crippen LogP) is 4.18. The number of hydrogen-bond donors (Lipinski definition) is 0. The molecule has 0 bridgehead atoms. The maximum Gasteiger partial charge on any atom is 0.313 e. The summed E-state index contributed by atoms with van der Waals surface area (Å²) in [6, 6.07) is 7.55. The molecule has 0 spiro atoms. The fourth-order valence-corrected chi connectivity index (χ4v) is 3.01. The zero-order valence-corrected chi connectivity index (χ0v) is 11.5. The molecule has 0 aromatic heterocycles. The minimum Gasteiger partial charge on any atom is -0.469 e. The topological polar surface area (TPSA) is 26.3 Å². The average Bonchev–Trinajstić information content (AvgIpc) is 2.88. The Balaban J connectivity index is 2.16. The summed E-state index contributed by atoms with van der Waals surface area (Å²) in [5, 5.41) is 0.674. The van der Waals surface area contributed by atoms with Gasteiger partial charge in [0.25, 0.3) is 0 Å². The van der Waals surface area contributed by atoms with Crippen LogP contribution in [0.2, 0.25) is 5.02 Å². The first-order valence-corrected chi connectivity index (χ1v) is 6.92. The van der Waals surface area contributed by atoms with E-state index in [-0.39, 0.29) is 11.9 Å². The van der Waals surface area contributed by atoms with E-state index in [1.165, 1.54) is 32.8 Å². The lowest BCUT2D eigenvalue weighted by Gasteiger charge is -2.19. The van der Waals surface area contributed by atoms with E-state index in [1.807, 2.05) is 24.3 Å². The highest BCUT2D eigenvalue weighted by Crippen LogP contribution is 2.35. The SMILES string of the molecule is COC(=O)[C@@H](CC1CCCC1)c1cccc(Cl)c1. The molecule has 1 saturated carbocycles. The van der Waals surface area contributed by atoms with Gasteiger partial charge in [-0.2, -0.15) is 0 Å². The van der Waals surface area contributed by atoms with Gasteiger partial charge < -0.3 is 4.74 Å². The molecule has 18 heavy (non-hydrogen) atoms. The minimum absolute atomic E-state index is 0.149. The first-order valence-electron chi connectivity index (χ1n) is 6.54. The van der Waals surface area contributed by atoms with Gasteiger partial charge in [0, 0.05) is 5.02 Å². The van der Waals surface area contributed by atoms with Crippen LogP contribution < -0.4 is 0 Å². The maximum absolute atomic E-state index is 11.9. The molecule has 0 radical (unpaired) electrons. The Kier molecular flexibility index (Phi) is 4.65. The van der Waals surface area contributed by atoms with Crippen LogP contribution in [0.1, 0.15) is 43.6 Å². The van der Waals surface area contributed by atoms with Gasteiger partial charge >= 0.3 is 5.97 Å². The lowest BCUT2D eigenvalue weighted by molar-refractivity contribution is -0.142. The van der Waals surface area contributed by atoms with E-state index in [9.17, 15) is 4.79 Å². The Labute approximate surface area is 113 Å². The van der Waals surface area contributed by atoms with Crippen molar-refractivity contribution in [3.63, 3.8) is 0 Å². The zero-order valence-electron chi connectivity index (χ0n) is 10.7. The number of methoxy groups -OCH3 is 1. The van der Waals surface area contributed by atoms with E-state index in [0.717, 1.165) is 12.0 Å². The van der Waals surface area contributed by atoms with E-state index in [2.05, 4.69) is 0 Å². The van der Waals surface area contributed by atoms with Crippen LogP contribution in [-0.4, -0.2) is 13.1 Å². The monoisotopic (exact) mass is 266 g/mol. The van der Waals surface area contributed by atoms with Crippen LogP contribution in [-0.2, 0) is 9.53 Å². The summed E-state index contributed by atoms with van der Waals surface area (Å²) in [5.74, 6) is 0.328. The standard InChI is InChI=1S/C15H19ClO2/c1-18-15(17)14(9-11-5-2-3-6-11)12-7-4-8-13(16)10-12/h4,7-8,10-11,14H,2-3,5-6,9H2,1H3/t14-/m0/s1. The summed E-state index contributed by atoms with van der Waals surface area (Å²) < 4.78 is 4.93. The van der Waals surface area contributed by atoms with Gasteiger partial charge in [-0.3, -0.25) is 4.79 Å². The van der Waals surface area contributed by atoms with E-state index in [1.54, 1.807) is 0 Å². The molecule has 0 amide bonds. The van der Waals surface area contributed by atoms with Crippen molar-refractivity contribution in [1.29, 1.82) is 0 Å². The van der Waals surface area contributed by atoms with Crippen LogP contribution >= 0.6 is 11.6 Å². The molecule has 1 aromatic carbocycles. The molecular weight excluding hydrogens is 248 g/mol. The molecule has 0 aliphatic heterocycles.